The minimum Gasteiger partial charge on any atom is -0.302 e. The van der Waals surface area contributed by atoms with Crippen molar-refractivity contribution in [2.45, 2.75) is 33.7 Å². The van der Waals surface area contributed by atoms with Crippen molar-refractivity contribution in [1.82, 2.24) is 9.62 Å². The van der Waals surface area contributed by atoms with E-state index in [1.165, 1.54) is 0 Å². The average Bonchev–Trinajstić information content (AvgIpc) is 2.44. The van der Waals surface area contributed by atoms with Crippen LogP contribution in [0, 0.1) is 11.8 Å². The van der Waals surface area contributed by atoms with Gasteiger partial charge in [-0.25, -0.2) is 13.1 Å². The molecule has 1 N–H and O–H groups in total. The van der Waals surface area contributed by atoms with Gasteiger partial charge in [0.2, 0.25) is 10.0 Å². The number of rotatable bonds is 5. The molecule has 4 nitrogen and oxygen atoms in total. The first-order valence-electron chi connectivity index (χ1n) is 6.06. The molecular formula is C11H24N2O2S. The van der Waals surface area contributed by atoms with E-state index in [9.17, 15) is 8.42 Å². The number of nitrogens with one attached hydrogen (secondary N) is 1. The molecule has 0 radical (unpaired) electrons. The van der Waals surface area contributed by atoms with Crippen molar-refractivity contribution < 1.29 is 8.42 Å². The standard InChI is InChI=1S/C11H24N2O2S/c1-5-13-6-10(4)11(7-13)12-16(14,15)8-9(2)3/h9-12H,5-8H2,1-4H3. The maximum atomic E-state index is 11.8. The van der Waals surface area contributed by atoms with Crippen molar-refractivity contribution in [2.24, 2.45) is 11.8 Å². The highest BCUT2D eigenvalue weighted by molar-refractivity contribution is 7.89. The highest BCUT2D eigenvalue weighted by Crippen LogP contribution is 2.17. The first-order chi connectivity index (χ1) is 7.34. The second-order valence-electron chi connectivity index (χ2n) is 5.23. The molecule has 0 aromatic rings. The Hall–Kier alpha value is -0.130. The fourth-order valence-electron chi connectivity index (χ4n) is 2.20. The normalized spacial score (nSPS) is 27.8. The molecule has 0 spiro atoms. The van der Waals surface area contributed by atoms with E-state index < -0.39 is 10.0 Å². The van der Waals surface area contributed by atoms with Crippen LogP contribution < -0.4 is 4.72 Å². The van der Waals surface area contributed by atoms with Gasteiger partial charge in [-0.1, -0.05) is 27.7 Å². The number of nitrogens with zero attached hydrogens (tertiary/aromatic N) is 1. The van der Waals surface area contributed by atoms with Gasteiger partial charge in [0.1, 0.15) is 0 Å². The van der Waals surface area contributed by atoms with E-state index in [1.807, 2.05) is 13.8 Å². The zero-order chi connectivity index (χ0) is 12.3. The van der Waals surface area contributed by atoms with Crippen molar-refractivity contribution in [2.75, 3.05) is 25.4 Å². The Balaban J connectivity index is 2.54. The summed E-state index contributed by atoms with van der Waals surface area (Å²) in [6.07, 6.45) is 0. The third-order valence-electron chi connectivity index (χ3n) is 3.02. The summed E-state index contributed by atoms with van der Waals surface area (Å²) in [5.41, 5.74) is 0. The molecular weight excluding hydrogens is 224 g/mol. The predicted octanol–water partition coefficient (Wildman–Crippen LogP) is 0.902. The molecule has 1 heterocycles. The molecule has 0 saturated carbocycles. The highest BCUT2D eigenvalue weighted by Gasteiger charge is 2.31. The zero-order valence-electron chi connectivity index (χ0n) is 10.7. The minimum absolute atomic E-state index is 0.0868. The fourth-order valence-corrected chi connectivity index (χ4v) is 3.94. The third kappa shape index (κ3) is 4.03. The second kappa shape index (κ2) is 5.47. The Morgan fingerprint density at radius 3 is 2.44 bits per heavy atom. The zero-order valence-corrected chi connectivity index (χ0v) is 11.5. The molecule has 0 aliphatic carbocycles. The Morgan fingerprint density at radius 1 is 1.38 bits per heavy atom. The SMILES string of the molecule is CCN1CC(C)C(NS(=O)(=O)CC(C)C)C1. The van der Waals surface area contributed by atoms with Crippen LogP contribution in [0.3, 0.4) is 0 Å². The van der Waals surface area contributed by atoms with Gasteiger partial charge in [0.15, 0.2) is 0 Å². The lowest BCUT2D eigenvalue weighted by Gasteiger charge is -2.17. The van der Waals surface area contributed by atoms with Crippen molar-refractivity contribution in [3.8, 4) is 0 Å². The van der Waals surface area contributed by atoms with Crippen LogP contribution in [0.1, 0.15) is 27.7 Å². The van der Waals surface area contributed by atoms with Crippen molar-refractivity contribution >= 4 is 10.0 Å². The molecule has 0 bridgehead atoms. The minimum atomic E-state index is -3.11. The fraction of sp³-hybridized carbons (Fsp3) is 1.00. The largest absolute Gasteiger partial charge is 0.302 e. The Bertz CT molecular complexity index is 314. The average molecular weight is 248 g/mol. The summed E-state index contributed by atoms with van der Waals surface area (Å²) in [7, 11) is -3.11. The number of hydrogen-bond donors (Lipinski definition) is 1. The summed E-state index contributed by atoms with van der Waals surface area (Å²) in [5.74, 6) is 0.806. The maximum absolute atomic E-state index is 11.8. The van der Waals surface area contributed by atoms with Crippen molar-refractivity contribution in [3.05, 3.63) is 0 Å². The van der Waals surface area contributed by atoms with Crippen molar-refractivity contribution in [1.29, 1.82) is 0 Å². The lowest BCUT2D eigenvalue weighted by atomic mass is 10.1. The molecule has 0 amide bonds. The quantitative estimate of drug-likeness (QED) is 0.786. The molecule has 2 unspecified atom stereocenters. The maximum Gasteiger partial charge on any atom is 0.212 e. The predicted molar refractivity (Wildman–Crippen MR) is 66.8 cm³/mol. The summed E-state index contributed by atoms with van der Waals surface area (Å²) in [4.78, 5) is 2.28. The summed E-state index contributed by atoms with van der Waals surface area (Å²) >= 11 is 0. The van der Waals surface area contributed by atoms with Crippen LogP contribution in [0.25, 0.3) is 0 Å². The van der Waals surface area contributed by atoms with Gasteiger partial charge in [-0.3, -0.25) is 0 Å². The van der Waals surface area contributed by atoms with E-state index in [0.717, 1.165) is 19.6 Å². The summed E-state index contributed by atoms with van der Waals surface area (Å²) in [6.45, 7) is 10.9. The van der Waals surface area contributed by atoms with Gasteiger partial charge in [0.05, 0.1) is 5.75 Å². The van der Waals surface area contributed by atoms with Crippen LogP contribution in [0.15, 0.2) is 0 Å². The van der Waals surface area contributed by atoms with E-state index >= 15 is 0 Å². The first kappa shape index (κ1) is 13.9. The molecule has 2 atom stereocenters. The lowest BCUT2D eigenvalue weighted by Crippen LogP contribution is -2.41. The van der Waals surface area contributed by atoms with Gasteiger partial charge in [0.25, 0.3) is 0 Å². The molecule has 1 saturated heterocycles. The van der Waals surface area contributed by atoms with Crippen molar-refractivity contribution in [3.63, 3.8) is 0 Å². The molecule has 96 valence electrons. The van der Waals surface area contributed by atoms with E-state index in [2.05, 4.69) is 23.5 Å². The number of hydrogen-bond acceptors (Lipinski definition) is 3. The third-order valence-corrected chi connectivity index (χ3v) is 4.79. The van der Waals surface area contributed by atoms with Gasteiger partial charge < -0.3 is 4.90 Å². The van der Waals surface area contributed by atoms with Gasteiger partial charge in [-0.05, 0) is 18.4 Å². The Morgan fingerprint density at radius 2 is 2.00 bits per heavy atom. The number of likely N-dealkylation sites (N-methyl/N-ethyl adjacent to an activating group) is 1. The molecule has 1 aliphatic heterocycles. The van der Waals surface area contributed by atoms with Gasteiger partial charge >= 0.3 is 0 Å². The van der Waals surface area contributed by atoms with E-state index in [4.69, 9.17) is 0 Å². The van der Waals surface area contributed by atoms with Gasteiger partial charge in [0, 0.05) is 19.1 Å². The Labute approximate surface area is 99.5 Å². The molecule has 1 rings (SSSR count). The molecule has 1 fully saturated rings. The van der Waals surface area contributed by atoms with Crippen LogP contribution in [0.5, 0.6) is 0 Å². The van der Waals surface area contributed by atoms with E-state index in [0.29, 0.717) is 5.92 Å². The molecule has 16 heavy (non-hydrogen) atoms. The molecule has 5 heteroatoms. The van der Waals surface area contributed by atoms with E-state index in [-0.39, 0.29) is 17.7 Å². The summed E-state index contributed by atoms with van der Waals surface area (Å²) < 4.78 is 26.4. The first-order valence-corrected chi connectivity index (χ1v) is 7.71. The smallest absolute Gasteiger partial charge is 0.212 e. The number of likely N-dealkylation sites (tertiary alicyclic amines) is 1. The van der Waals surface area contributed by atoms with Crippen LogP contribution in [0.2, 0.25) is 0 Å². The van der Waals surface area contributed by atoms with Crippen LogP contribution >= 0.6 is 0 Å². The number of sulfonamides is 1. The van der Waals surface area contributed by atoms with Gasteiger partial charge in [-0.15, -0.1) is 0 Å². The summed E-state index contributed by atoms with van der Waals surface area (Å²) in [5, 5.41) is 0. The Kier molecular flexibility index (Phi) is 4.76. The topological polar surface area (TPSA) is 49.4 Å². The van der Waals surface area contributed by atoms with Crippen LogP contribution in [-0.4, -0.2) is 44.7 Å². The van der Waals surface area contributed by atoms with Crippen LogP contribution in [-0.2, 0) is 10.0 Å². The second-order valence-corrected chi connectivity index (χ2v) is 7.03. The van der Waals surface area contributed by atoms with Gasteiger partial charge in [-0.2, -0.15) is 0 Å². The highest BCUT2D eigenvalue weighted by atomic mass is 32.2. The monoisotopic (exact) mass is 248 g/mol. The summed E-state index contributed by atoms with van der Waals surface area (Å²) in [6, 6.07) is 0.0868. The van der Waals surface area contributed by atoms with E-state index in [1.54, 1.807) is 0 Å². The molecule has 1 aliphatic rings. The molecule has 0 aromatic heterocycles. The van der Waals surface area contributed by atoms with Crippen LogP contribution in [0.4, 0.5) is 0 Å². The molecule has 0 aromatic carbocycles. The lowest BCUT2D eigenvalue weighted by molar-refractivity contribution is 0.344.